The first-order chi connectivity index (χ1) is 8.54. The number of nitrogens with zero attached hydrogens (tertiary/aromatic N) is 1. The summed E-state index contributed by atoms with van der Waals surface area (Å²) in [7, 11) is 1.64. The van der Waals surface area contributed by atoms with Crippen molar-refractivity contribution in [2.75, 3.05) is 13.7 Å². The molecule has 0 amide bonds. The van der Waals surface area contributed by atoms with Crippen LogP contribution in [0.25, 0.3) is 0 Å². The topological polar surface area (TPSA) is 34.2 Å². The van der Waals surface area contributed by atoms with E-state index in [1.54, 1.807) is 7.05 Å². The van der Waals surface area contributed by atoms with E-state index in [-0.39, 0.29) is 11.7 Å². The molecule has 6 heteroatoms. The molecule has 18 heavy (non-hydrogen) atoms. The predicted octanol–water partition coefficient (Wildman–Crippen LogP) is 2.54. The average molecular weight is 260 g/mol. The van der Waals surface area contributed by atoms with Crippen molar-refractivity contribution in [3.05, 3.63) is 29.6 Å². The summed E-state index contributed by atoms with van der Waals surface area (Å²) >= 11 is 0. The molecule has 1 saturated heterocycles. The van der Waals surface area contributed by atoms with Gasteiger partial charge in [0.2, 0.25) is 0 Å². The van der Waals surface area contributed by atoms with Crippen LogP contribution in [0.5, 0.6) is 0 Å². The van der Waals surface area contributed by atoms with Gasteiger partial charge in [0.05, 0.1) is 17.7 Å². The number of aromatic nitrogens is 1. The van der Waals surface area contributed by atoms with Crippen molar-refractivity contribution in [2.45, 2.75) is 31.2 Å². The molecule has 1 aromatic heterocycles. The second-order valence-corrected chi connectivity index (χ2v) is 4.28. The number of pyridine rings is 1. The minimum absolute atomic E-state index is 0.152. The fourth-order valence-electron chi connectivity index (χ4n) is 2.32. The average Bonchev–Trinajstić information content (AvgIpc) is 2.83. The van der Waals surface area contributed by atoms with E-state index in [1.165, 1.54) is 6.20 Å². The minimum Gasteiger partial charge on any atom is -0.376 e. The van der Waals surface area contributed by atoms with Crippen molar-refractivity contribution in [3.63, 3.8) is 0 Å². The van der Waals surface area contributed by atoms with Gasteiger partial charge in [-0.15, -0.1) is 0 Å². The molecular weight excluding hydrogens is 245 g/mol. The summed E-state index contributed by atoms with van der Waals surface area (Å²) in [6.07, 6.45) is -0.519. The number of ether oxygens (including phenoxy) is 1. The zero-order valence-corrected chi connectivity index (χ0v) is 10.00. The summed E-state index contributed by atoms with van der Waals surface area (Å²) in [5, 5.41) is 2.91. The first-order valence-electron chi connectivity index (χ1n) is 5.84. The molecular formula is C12H15F3N2O. The molecule has 0 aliphatic carbocycles. The van der Waals surface area contributed by atoms with E-state index >= 15 is 0 Å². The van der Waals surface area contributed by atoms with E-state index < -0.39 is 17.8 Å². The van der Waals surface area contributed by atoms with Gasteiger partial charge in [-0.3, -0.25) is 4.98 Å². The van der Waals surface area contributed by atoms with Crippen molar-refractivity contribution in [1.29, 1.82) is 0 Å². The summed E-state index contributed by atoms with van der Waals surface area (Å²) < 4.78 is 44.3. The van der Waals surface area contributed by atoms with Crippen molar-refractivity contribution >= 4 is 0 Å². The van der Waals surface area contributed by atoms with Gasteiger partial charge in [-0.05, 0) is 26.0 Å². The van der Waals surface area contributed by atoms with Gasteiger partial charge in [0.15, 0.2) is 0 Å². The first kappa shape index (κ1) is 13.3. The molecule has 2 unspecified atom stereocenters. The molecule has 100 valence electrons. The Bertz CT molecular complexity index is 403. The summed E-state index contributed by atoms with van der Waals surface area (Å²) in [5.74, 6) is 0. The van der Waals surface area contributed by atoms with Gasteiger partial charge in [0.25, 0.3) is 0 Å². The zero-order valence-electron chi connectivity index (χ0n) is 10.00. The first-order valence-corrected chi connectivity index (χ1v) is 5.84. The van der Waals surface area contributed by atoms with Gasteiger partial charge < -0.3 is 10.1 Å². The Morgan fingerprint density at radius 3 is 2.83 bits per heavy atom. The monoisotopic (exact) mass is 260 g/mol. The number of hydrogen-bond donors (Lipinski definition) is 1. The van der Waals surface area contributed by atoms with E-state index in [4.69, 9.17) is 4.74 Å². The zero-order chi connectivity index (χ0) is 13.2. The molecule has 1 aliphatic heterocycles. The fraction of sp³-hybridized carbons (Fsp3) is 0.583. The highest BCUT2D eigenvalue weighted by molar-refractivity contribution is 5.30. The largest absolute Gasteiger partial charge is 0.416 e. The number of nitrogens with one attached hydrogen (secondary N) is 1. The maximum Gasteiger partial charge on any atom is 0.416 e. The van der Waals surface area contributed by atoms with E-state index in [9.17, 15) is 13.2 Å². The van der Waals surface area contributed by atoms with Crippen LogP contribution >= 0.6 is 0 Å². The normalized spacial score (nSPS) is 22.1. The quantitative estimate of drug-likeness (QED) is 0.906. The smallest absolute Gasteiger partial charge is 0.376 e. The Kier molecular flexibility index (Phi) is 3.87. The van der Waals surface area contributed by atoms with Crippen LogP contribution in [0.15, 0.2) is 18.5 Å². The molecule has 2 rings (SSSR count). The fourth-order valence-corrected chi connectivity index (χ4v) is 2.32. The van der Waals surface area contributed by atoms with Crippen LogP contribution < -0.4 is 5.32 Å². The van der Waals surface area contributed by atoms with E-state index in [0.717, 1.165) is 25.1 Å². The number of alkyl halides is 3. The van der Waals surface area contributed by atoms with Crippen LogP contribution in [0, 0.1) is 0 Å². The molecule has 2 heterocycles. The lowest BCUT2D eigenvalue weighted by Gasteiger charge is -2.25. The highest BCUT2D eigenvalue weighted by Gasteiger charge is 2.37. The van der Waals surface area contributed by atoms with Crippen molar-refractivity contribution < 1.29 is 17.9 Å². The molecule has 0 spiro atoms. The molecule has 2 atom stereocenters. The Hall–Kier alpha value is -1.14. The van der Waals surface area contributed by atoms with E-state index in [2.05, 4.69) is 10.3 Å². The lowest BCUT2D eigenvalue weighted by Crippen LogP contribution is -2.31. The van der Waals surface area contributed by atoms with Gasteiger partial charge in [-0.2, -0.15) is 13.2 Å². The Morgan fingerprint density at radius 1 is 1.50 bits per heavy atom. The maximum atomic E-state index is 12.9. The van der Waals surface area contributed by atoms with Crippen LogP contribution in [0.4, 0.5) is 13.2 Å². The Balaban J connectivity index is 2.35. The van der Waals surface area contributed by atoms with Crippen molar-refractivity contribution in [3.8, 4) is 0 Å². The number of rotatable bonds is 3. The molecule has 1 fully saturated rings. The third-order valence-electron chi connectivity index (χ3n) is 3.14. The van der Waals surface area contributed by atoms with E-state index in [1.807, 2.05) is 0 Å². The van der Waals surface area contributed by atoms with Gasteiger partial charge in [-0.1, -0.05) is 0 Å². The second kappa shape index (κ2) is 5.24. The van der Waals surface area contributed by atoms with Gasteiger partial charge in [0.1, 0.15) is 0 Å². The van der Waals surface area contributed by atoms with Crippen LogP contribution in [-0.4, -0.2) is 24.7 Å². The van der Waals surface area contributed by atoms with Crippen LogP contribution in [-0.2, 0) is 10.9 Å². The highest BCUT2D eigenvalue weighted by atomic mass is 19.4. The Labute approximate surface area is 103 Å². The molecule has 0 saturated carbocycles. The van der Waals surface area contributed by atoms with Crippen molar-refractivity contribution in [1.82, 2.24) is 10.3 Å². The van der Waals surface area contributed by atoms with Gasteiger partial charge in [0, 0.05) is 24.6 Å². The molecule has 0 radical (unpaired) electrons. The second-order valence-electron chi connectivity index (χ2n) is 4.28. The number of halogens is 3. The van der Waals surface area contributed by atoms with Crippen LogP contribution in [0.2, 0.25) is 0 Å². The molecule has 1 N–H and O–H groups in total. The predicted molar refractivity (Wildman–Crippen MR) is 60.0 cm³/mol. The van der Waals surface area contributed by atoms with Crippen molar-refractivity contribution in [2.24, 2.45) is 0 Å². The lowest BCUT2D eigenvalue weighted by atomic mass is 9.96. The summed E-state index contributed by atoms with van der Waals surface area (Å²) in [6.45, 7) is 0.602. The minimum atomic E-state index is -4.37. The van der Waals surface area contributed by atoms with Gasteiger partial charge >= 0.3 is 6.18 Å². The molecule has 0 bridgehead atoms. The van der Waals surface area contributed by atoms with Gasteiger partial charge in [-0.25, -0.2) is 0 Å². The number of likely N-dealkylation sites (N-methyl/N-ethyl adjacent to an activating group) is 1. The lowest BCUT2D eigenvalue weighted by molar-refractivity contribution is -0.138. The van der Waals surface area contributed by atoms with E-state index in [0.29, 0.717) is 6.61 Å². The molecule has 1 aliphatic rings. The molecule has 1 aromatic rings. The summed E-state index contributed by atoms with van der Waals surface area (Å²) in [5.41, 5.74) is -0.494. The SMILES string of the molecule is CNC(c1cnccc1C(F)(F)F)C1CCCO1. The van der Waals surface area contributed by atoms with Crippen LogP contribution in [0.1, 0.15) is 30.0 Å². The Morgan fingerprint density at radius 2 is 2.28 bits per heavy atom. The highest BCUT2D eigenvalue weighted by Crippen LogP contribution is 2.36. The molecule has 3 nitrogen and oxygen atoms in total. The molecule has 0 aromatic carbocycles. The summed E-state index contributed by atoms with van der Waals surface area (Å²) in [6, 6.07) is 0.534. The third-order valence-corrected chi connectivity index (χ3v) is 3.14. The number of hydrogen-bond acceptors (Lipinski definition) is 3. The summed E-state index contributed by atoms with van der Waals surface area (Å²) in [4.78, 5) is 3.80. The third kappa shape index (κ3) is 2.64. The van der Waals surface area contributed by atoms with Crippen LogP contribution in [0.3, 0.4) is 0 Å². The standard InChI is InChI=1S/C12H15F3N2O/c1-16-11(10-3-2-6-18-10)8-7-17-5-4-9(8)12(13,14)15/h4-5,7,10-11,16H,2-3,6H2,1H3. The maximum absolute atomic E-state index is 12.9.